The van der Waals surface area contributed by atoms with E-state index in [4.69, 9.17) is 0 Å². The van der Waals surface area contributed by atoms with Gasteiger partial charge >= 0.3 is 22.4 Å². The molecule has 0 aliphatic carbocycles. The molecular formula is C28H20AuN5. The second kappa shape index (κ2) is 11.3. The normalized spacial score (nSPS) is 10.1. The van der Waals surface area contributed by atoms with Crippen molar-refractivity contribution in [1.29, 1.82) is 0 Å². The van der Waals surface area contributed by atoms with Gasteiger partial charge in [-0.25, -0.2) is 0 Å². The van der Waals surface area contributed by atoms with Gasteiger partial charge in [-0.1, -0.05) is 60.7 Å². The molecule has 4 aromatic heterocycles. The Morgan fingerprint density at radius 1 is 0.500 bits per heavy atom. The van der Waals surface area contributed by atoms with Gasteiger partial charge in [0, 0.05) is 35.9 Å². The first-order valence-corrected chi connectivity index (χ1v) is 10.6. The molecule has 2 aromatic carbocycles. The molecule has 0 fully saturated rings. The first kappa shape index (κ1) is 23.3. The summed E-state index contributed by atoms with van der Waals surface area (Å²) in [7, 11) is 0. The summed E-state index contributed by atoms with van der Waals surface area (Å²) in [4.78, 5) is 21.5. The summed E-state index contributed by atoms with van der Waals surface area (Å²) in [6.07, 6.45) is 10.5. The van der Waals surface area contributed by atoms with Crippen LogP contribution in [0.3, 0.4) is 0 Å². The zero-order chi connectivity index (χ0) is 22.3. The molecule has 5 nitrogen and oxygen atoms in total. The van der Waals surface area contributed by atoms with Crippen LogP contribution in [0.25, 0.3) is 44.7 Å². The third kappa shape index (κ3) is 5.18. The van der Waals surface area contributed by atoms with E-state index in [1.165, 1.54) is 0 Å². The van der Waals surface area contributed by atoms with Crippen molar-refractivity contribution >= 4 is 10.9 Å². The average molecular weight is 623 g/mol. The van der Waals surface area contributed by atoms with Crippen molar-refractivity contribution < 1.29 is 22.4 Å². The molecule has 6 aromatic rings. The molecule has 6 rings (SSSR count). The van der Waals surface area contributed by atoms with E-state index in [1.54, 1.807) is 18.6 Å². The molecule has 0 aliphatic heterocycles. The van der Waals surface area contributed by atoms with Gasteiger partial charge in [-0.05, 0) is 35.2 Å². The van der Waals surface area contributed by atoms with Crippen molar-refractivity contribution in [3.05, 3.63) is 122 Å². The first-order valence-electron chi connectivity index (χ1n) is 10.6. The fourth-order valence-corrected chi connectivity index (χ4v) is 3.65. The minimum Gasteiger partial charge on any atom is -0.663 e. The number of para-hydroxylation sites is 1. The Kier molecular flexibility index (Phi) is 7.73. The molecule has 4 heterocycles. The third-order valence-electron chi connectivity index (χ3n) is 5.17. The summed E-state index contributed by atoms with van der Waals surface area (Å²) in [6, 6.07) is 28.1. The van der Waals surface area contributed by atoms with Gasteiger partial charge in [0.05, 0.1) is 23.3 Å². The first-order chi connectivity index (χ1) is 16.4. The second-order valence-corrected chi connectivity index (χ2v) is 7.25. The largest absolute Gasteiger partial charge is 1.00 e. The molecule has 34 heavy (non-hydrogen) atoms. The SMILES string of the molecule is [Au+].c1cc(-c2cnccn2)c2[n-]ccc2c1.c1ccc(-c2ccccc2-c2ccccn2)nc1. The topological polar surface area (TPSA) is 65.7 Å². The zero-order valence-corrected chi connectivity index (χ0v) is 20.3. The van der Waals surface area contributed by atoms with Crippen LogP contribution in [-0.2, 0) is 22.4 Å². The van der Waals surface area contributed by atoms with Gasteiger partial charge in [0.25, 0.3) is 0 Å². The minimum absolute atomic E-state index is 0. The number of aromatic nitrogens is 5. The van der Waals surface area contributed by atoms with Gasteiger partial charge in [-0.15, -0.1) is 5.52 Å². The van der Waals surface area contributed by atoms with Crippen LogP contribution < -0.4 is 4.98 Å². The molecule has 0 spiro atoms. The van der Waals surface area contributed by atoms with Crippen LogP contribution in [0.2, 0.25) is 0 Å². The predicted molar refractivity (Wildman–Crippen MR) is 131 cm³/mol. The van der Waals surface area contributed by atoms with Crippen LogP contribution in [0.4, 0.5) is 0 Å². The Morgan fingerprint density at radius 3 is 1.71 bits per heavy atom. The van der Waals surface area contributed by atoms with Crippen molar-refractivity contribution in [3.8, 4) is 33.8 Å². The summed E-state index contributed by atoms with van der Waals surface area (Å²) < 4.78 is 0. The fraction of sp³-hybridized carbons (Fsp3) is 0. The number of fused-ring (bicyclic) bond motifs is 1. The summed E-state index contributed by atoms with van der Waals surface area (Å²) >= 11 is 0. The quantitative estimate of drug-likeness (QED) is 0.224. The van der Waals surface area contributed by atoms with Crippen molar-refractivity contribution in [2.75, 3.05) is 0 Å². The van der Waals surface area contributed by atoms with Gasteiger partial charge in [0.2, 0.25) is 0 Å². The number of rotatable bonds is 3. The van der Waals surface area contributed by atoms with Crippen molar-refractivity contribution in [3.63, 3.8) is 0 Å². The van der Waals surface area contributed by atoms with E-state index < -0.39 is 0 Å². The van der Waals surface area contributed by atoms with E-state index >= 15 is 0 Å². The Labute approximate surface area is 213 Å². The summed E-state index contributed by atoms with van der Waals surface area (Å²) in [6.45, 7) is 0. The van der Waals surface area contributed by atoms with Crippen molar-refractivity contribution in [1.82, 2.24) is 24.9 Å². The molecule has 0 radical (unpaired) electrons. The van der Waals surface area contributed by atoms with Crippen LogP contribution in [0, 0.1) is 0 Å². The van der Waals surface area contributed by atoms with Gasteiger partial charge in [0.15, 0.2) is 0 Å². The molecular weight excluding hydrogens is 603 g/mol. The Hall–Kier alpha value is -3.90. The third-order valence-corrected chi connectivity index (χ3v) is 5.17. The second-order valence-electron chi connectivity index (χ2n) is 7.25. The van der Waals surface area contributed by atoms with Crippen LogP contribution in [0.15, 0.2) is 122 Å². The Balaban J connectivity index is 0.000000159. The van der Waals surface area contributed by atoms with Gasteiger partial charge in [-0.3, -0.25) is 19.9 Å². The number of nitrogens with zero attached hydrogens (tertiary/aromatic N) is 5. The van der Waals surface area contributed by atoms with Crippen LogP contribution in [0.1, 0.15) is 0 Å². The minimum atomic E-state index is 0. The molecule has 0 N–H and O–H groups in total. The van der Waals surface area contributed by atoms with E-state index in [-0.39, 0.29) is 22.4 Å². The molecule has 0 aliphatic rings. The van der Waals surface area contributed by atoms with E-state index in [9.17, 15) is 0 Å². The van der Waals surface area contributed by atoms with Crippen molar-refractivity contribution in [2.24, 2.45) is 0 Å². The average Bonchev–Trinajstić information content (AvgIpc) is 3.40. The maximum absolute atomic E-state index is 4.41. The van der Waals surface area contributed by atoms with Crippen LogP contribution in [-0.4, -0.2) is 19.9 Å². The van der Waals surface area contributed by atoms with E-state index in [1.807, 2.05) is 91.4 Å². The predicted octanol–water partition coefficient (Wildman–Crippen LogP) is 6.06. The zero-order valence-electron chi connectivity index (χ0n) is 18.1. The Bertz CT molecular complexity index is 1390. The maximum atomic E-state index is 4.41. The molecule has 168 valence electrons. The number of pyridine rings is 2. The standard InChI is InChI=1S/C16H12N2.C12H8N3.Au/c1-2-8-14(16-10-4-6-12-18-16)13(7-1)15-9-3-5-11-17-15;1-2-9-4-5-15-12(9)10(3-1)11-8-13-6-7-14-11;/h1-12H;1-8H;/q;-1;+1. The molecule has 0 saturated carbocycles. The number of hydrogen-bond donors (Lipinski definition) is 0. The molecule has 0 saturated heterocycles. The smallest absolute Gasteiger partial charge is 0.663 e. The Morgan fingerprint density at radius 2 is 1.12 bits per heavy atom. The molecule has 0 bridgehead atoms. The monoisotopic (exact) mass is 623 g/mol. The fourth-order valence-electron chi connectivity index (χ4n) is 3.65. The van der Waals surface area contributed by atoms with Gasteiger partial charge in [0.1, 0.15) is 0 Å². The van der Waals surface area contributed by atoms with Crippen LogP contribution in [0.5, 0.6) is 0 Å². The molecule has 0 atom stereocenters. The summed E-state index contributed by atoms with van der Waals surface area (Å²) in [5, 5.41) is 1.14. The van der Waals surface area contributed by atoms with E-state index in [2.05, 4.69) is 37.1 Å². The van der Waals surface area contributed by atoms with Crippen LogP contribution >= 0.6 is 0 Å². The molecule has 0 amide bonds. The maximum Gasteiger partial charge on any atom is 1.00 e. The van der Waals surface area contributed by atoms with Gasteiger partial charge in [-0.2, -0.15) is 6.20 Å². The molecule has 0 unspecified atom stereocenters. The summed E-state index contributed by atoms with van der Waals surface area (Å²) in [5.41, 5.74) is 7.04. The van der Waals surface area contributed by atoms with Gasteiger partial charge < -0.3 is 4.98 Å². The summed E-state index contributed by atoms with van der Waals surface area (Å²) in [5.74, 6) is 0. The van der Waals surface area contributed by atoms with Crippen molar-refractivity contribution in [2.45, 2.75) is 0 Å². The van der Waals surface area contributed by atoms with E-state index in [0.717, 1.165) is 44.7 Å². The number of hydrogen-bond acceptors (Lipinski definition) is 4. The number of benzene rings is 2. The molecule has 6 heteroatoms. The van der Waals surface area contributed by atoms with E-state index in [0.29, 0.717) is 0 Å².